The summed E-state index contributed by atoms with van der Waals surface area (Å²) in [4.78, 5) is 6.80. The number of nitrogens with zero attached hydrogens (tertiary/aromatic N) is 3. The van der Waals surface area contributed by atoms with Crippen molar-refractivity contribution in [2.75, 3.05) is 27.2 Å². The largest absolute Gasteiger partial charge is 0.362 e. The number of aryl methyl sites for hydroxylation is 1. The zero-order chi connectivity index (χ0) is 19.2. The van der Waals surface area contributed by atoms with Crippen molar-refractivity contribution >= 4 is 23.2 Å². The van der Waals surface area contributed by atoms with Crippen LogP contribution in [0, 0.1) is 0 Å². The third kappa shape index (κ3) is 5.01. The lowest BCUT2D eigenvalue weighted by Gasteiger charge is -2.34. The fourth-order valence-corrected chi connectivity index (χ4v) is 3.46. The molecular formula is C20H29Cl2N3O. The molecule has 0 spiro atoms. The molecule has 4 nitrogen and oxygen atoms in total. The van der Waals surface area contributed by atoms with Gasteiger partial charge in [-0.25, -0.2) is 4.98 Å². The number of unbranched alkanes of at least 4 members (excludes halogenated alkanes) is 1. The van der Waals surface area contributed by atoms with Gasteiger partial charge in [-0.3, -0.25) is 0 Å². The van der Waals surface area contributed by atoms with E-state index in [0.717, 1.165) is 43.6 Å². The number of ether oxygens (including phenoxy) is 1. The van der Waals surface area contributed by atoms with Crippen LogP contribution in [-0.2, 0) is 17.4 Å². The minimum absolute atomic E-state index is 0.538. The normalized spacial score (nSPS) is 14.0. The van der Waals surface area contributed by atoms with Gasteiger partial charge in [0.15, 0.2) is 5.60 Å². The Balaban J connectivity index is 2.45. The minimum Gasteiger partial charge on any atom is -0.362 e. The second kappa shape index (κ2) is 9.75. The number of halogens is 2. The van der Waals surface area contributed by atoms with Crippen LogP contribution >= 0.6 is 23.2 Å². The molecule has 0 N–H and O–H groups in total. The molecule has 1 aromatic heterocycles. The SMILES string of the molecule is CCCCC(OCCCN(C)C)(c1ccc(Cl)c(Cl)c1)c1nccn1C. The number of imidazole rings is 1. The van der Waals surface area contributed by atoms with Gasteiger partial charge in [0.25, 0.3) is 0 Å². The van der Waals surface area contributed by atoms with Gasteiger partial charge in [0.2, 0.25) is 0 Å². The van der Waals surface area contributed by atoms with Gasteiger partial charge in [-0.2, -0.15) is 0 Å². The van der Waals surface area contributed by atoms with Crippen molar-refractivity contribution in [3.05, 3.63) is 52.0 Å². The second-order valence-electron chi connectivity index (χ2n) is 6.93. The van der Waals surface area contributed by atoms with Crippen LogP contribution in [-0.4, -0.2) is 41.7 Å². The monoisotopic (exact) mass is 397 g/mol. The van der Waals surface area contributed by atoms with Gasteiger partial charge < -0.3 is 14.2 Å². The third-order valence-electron chi connectivity index (χ3n) is 4.55. The summed E-state index contributed by atoms with van der Waals surface area (Å²) < 4.78 is 8.61. The van der Waals surface area contributed by atoms with Gasteiger partial charge in [0.1, 0.15) is 5.82 Å². The summed E-state index contributed by atoms with van der Waals surface area (Å²) in [6.45, 7) is 3.81. The maximum absolute atomic E-state index is 6.58. The summed E-state index contributed by atoms with van der Waals surface area (Å²) in [5, 5.41) is 1.09. The third-order valence-corrected chi connectivity index (χ3v) is 5.29. The van der Waals surface area contributed by atoms with Crippen LogP contribution in [0.25, 0.3) is 0 Å². The molecule has 1 heterocycles. The fourth-order valence-electron chi connectivity index (χ4n) is 3.16. The zero-order valence-electron chi connectivity index (χ0n) is 16.1. The Kier molecular flexibility index (Phi) is 7.96. The highest BCUT2D eigenvalue weighted by molar-refractivity contribution is 6.42. The first-order chi connectivity index (χ1) is 12.4. The average Bonchev–Trinajstić information content (AvgIpc) is 3.03. The molecule has 0 amide bonds. The van der Waals surface area contributed by atoms with Crippen LogP contribution in [0.5, 0.6) is 0 Å². The molecule has 2 rings (SSSR count). The van der Waals surface area contributed by atoms with Crippen LogP contribution in [0.15, 0.2) is 30.6 Å². The zero-order valence-corrected chi connectivity index (χ0v) is 17.6. The summed E-state index contributed by atoms with van der Waals surface area (Å²) in [5.41, 5.74) is 0.369. The van der Waals surface area contributed by atoms with Gasteiger partial charge in [0, 0.05) is 26.0 Å². The van der Waals surface area contributed by atoms with Crippen LogP contribution < -0.4 is 0 Å². The van der Waals surface area contributed by atoms with E-state index in [1.807, 2.05) is 42.2 Å². The van der Waals surface area contributed by atoms with Crippen LogP contribution in [0.4, 0.5) is 0 Å². The minimum atomic E-state index is -0.630. The van der Waals surface area contributed by atoms with E-state index < -0.39 is 5.60 Å². The Hall–Kier alpha value is -1.07. The van der Waals surface area contributed by atoms with Crippen LogP contribution in [0.3, 0.4) is 0 Å². The van der Waals surface area contributed by atoms with Crippen molar-refractivity contribution in [3.63, 3.8) is 0 Å². The van der Waals surface area contributed by atoms with E-state index in [0.29, 0.717) is 16.7 Å². The quantitative estimate of drug-likeness (QED) is 0.520. The Morgan fingerprint density at radius 1 is 1.19 bits per heavy atom. The molecule has 0 aliphatic carbocycles. The summed E-state index contributed by atoms with van der Waals surface area (Å²) >= 11 is 12.5. The summed E-state index contributed by atoms with van der Waals surface area (Å²) in [5.74, 6) is 0.897. The molecule has 0 saturated heterocycles. The van der Waals surface area contributed by atoms with Gasteiger partial charge in [0.05, 0.1) is 10.0 Å². The van der Waals surface area contributed by atoms with Crippen molar-refractivity contribution in [2.45, 2.75) is 38.2 Å². The van der Waals surface area contributed by atoms with Crippen molar-refractivity contribution in [1.29, 1.82) is 0 Å². The van der Waals surface area contributed by atoms with E-state index in [2.05, 4.69) is 30.9 Å². The molecule has 0 radical (unpaired) electrons. The summed E-state index contributed by atoms with van der Waals surface area (Å²) in [6, 6.07) is 5.76. The molecule has 144 valence electrons. The molecule has 1 unspecified atom stereocenters. The van der Waals surface area contributed by atoms with Gasteiger partial charge in [-0.15, -0.1) is 0 Å². The first-order valence-electron chi connectivity index (χ1n) is 9.12. The lowest BCUT2D eigenvalue weighted by molar-refractivity contribution is -0.0368. The molecule has 26 heavy (non-hydrogen) atoms. The highest BCUT2D eigenvalue weighted by Gasteiger charge is 2.38. The molecule has 1 aromatic carbocycles. The first kappa shape index (κ1) is 21.2. The average molecular weight is 398 g/mol. The van der Waals surface area contributed by atoms with Crippen LogP contribution in [0.2, 0.25) is 10.0 Å². The maximum Gasteiger partial charge on any atom is 0.151 e. The maximum atomic E-state index is 6.58. The highest BCUT2D eigenvalue weighted by Crippen LogP contribution is 2.40. The number of hydrogen-bond acceptors (Lipinski definition) is 3. The number of hydrogen-bond donors (Lipinski definition) is 0. The Labute approximate surface area is 167 Å². The molecule has 0 saturated carbocycles. The molecular weight excluding hydrogens is 369 g/mol. The van der Waals surface area contributed by atoms with Gasteiger partial charge in [-0.05, 0) is 51.2 Å². The van der Waals surface area contributed by atoms with E-state index in [-0.39, 0.29) is 0 Å². The smallest absolute Gasteiger partial charge is 0.151 e. The molecule has 1 atom stereocenters. The van der Waals surface area contributed by atoms with Crippen molar-refractivity contribution in [3.8, 4) is 0 Å². The van der Waals surface area contributed by atoms with E-state index in [1.165, 1.54) is 0 Å². The molecule has 0 aliphatic heterocycles. The topological polar surface area (TPSA) is 30.3 Å². The van der Waals surface area contributed by atoms with Crippen molar-refractivity contribution in [1.82, 2.24) is 14.5 Å². The number of benzene rings is 1. The Morgan fingerprint density at radius 2 is 1.96 bits per heavy atom. The number of aromatic nitrogens is 2. The van der Waals surface area contributed by atoms with Gasteiger partial charge in [-0.1, -0.05) is 49.0 Å². The van der Waals surface area contributed by atoms with Crippen molar-refractivity contribution in [2.24, 2.45) is 7.05 Å². The van der Waals surface area contributed by atoms with Crippen molar-refractivity contribution < 1.29 is 4.74 Å². The predicted molar refractivity (Wildman–Crippen MR) is 109 cm³/mol. The summed E-state index contributed by atoms with van der Waals surface area (Å²) in [6.07, 6.45) is 7.67. The van der Waals surface area contributed by atoms with E-state index >= 15 is 0 Å². The molecule has 0 fully saturated rings. The highest BCUT2D eigenvalue weighted by atomic mass is 35.5. The summed E-state index contributed by atoms with van der Waals surface area (Å²) in [7, 11) is 6.15. The lowest BCUT2D eigenvalue weighted by Crippen LogP contribution is -2.35. The Morgan fingerprint density at radius 3 is 2.54 bits per heavy atom. The lowest BCUT2D eigenvalue weighted by atomic mass is 9.87. The molecule has 0 aliphatic rings. The van der Waals surface area contributed by atoms with Crippen LogP contribution in [0.1, 0.15) is 44.0 Å². The number of rotatable bonds is 10. The first-order valence-corrected chi connectivity index (χ1v) is 9.88. The van der Waals surface area contributed by atoms with Gasteiger partial charge >= 0.3 is 0 Å². The Bertz CT molecular complexity index is 702. The molecule has 2 aromatic rings. The van der Waals surface area contributed by atoms with E-state index in [4.69, 9.17) is 27.9 Å². The fraction of sp³-hybridized carbons (Fsp3) is 0.550. The molecule has 6 heteroatoms. The van der Waals surface area contributed by atoms with E-state index in [9.17, 15) is 0 Å². The standard InChI is InChI=1S/C20H29Cl2N3O/c1-5-6-10-20(19-23-11-13-25(19)4,26-14-7-12-24(2)3)16-8-9-17(21)18(22)15-16/h8-9,11,13,15H,5-7,10,12,14H2,1-4H3. The predicted octanol–water partition coefficient (Wildman–Crippen LogP) is 5.13. The second-order valence-corrected chi connectivity index (χ2v) is 7.74. The van der Waals surface area contributed by atoms with E-state index in [1.54, 1.807) is 0 Å². The molecule has 0 bridgehead atoms.